The molecule has 2 aliphatic carbocycles. The van der Waals surface area contributed by atoms with Crippen molar-refractivity contribution in [3.63, 3.8) is 0 Å². The molecule has 4 rings (SSSR count). The summed E-state index contributed by atoms with van der Waals surface area (Å²) in [7, 11) is 1.93. The second-order valence-corrected chi connectivity index (χ2v) is 7.82. The highest BCUT2D eigenvalue weighted by atomic mass is 15.3. The van der Waals surface area contributed by atoms with Crippen molar-refractivity contribution in [3.05, 3.63) is 35.9 Å². The molecule has 2 unspecified atom stereocenters. The summed E-state index contributed by atoms with van der Waals surface area (Å²) < 4.78 is 0. The zero-order chi connectivity index (χ0) is 15.7. The number of hydrogen-bond donors (Lipinski definition) is 1. The number of likely N-dealkylation sites (tertiary alicyclic amines) is 1. The summed E-state index contributed by atoms with van der Waals surface area (Å²) in [6.07, 6.45) is 8.40. The molecule has 0 bridgehead atoms. The van der Waals surface area contributed by atoms with Gasteiger partial charge in [-0.2, -0.15) is 0 Å². The van der Waals surface area contributed by atoms with Gasteiger partial charge in [-0.05, 0) is 48.5 Å². The van der Waals surface area contributed by atoms with Crippen molar-refractivity contribution < 1.29 is 0 Å². The van der Waals surface area contributed by atoms with Gasteiger partial charge in [-0.1, -0.05) is 43.2 Å². The standard InChI is InChI=1S/C20H29N3/c1-21-19(23-12-11-20(15-23)9-5-6-10-20)22-14-17-13-18(17)16-7-3-2-4-8-16/h2-4,7-8,17-18H,5-6,9-15H2,1H3,(H,21,22). The second kappa shape index (κ2) is 6.18. The van der Waals surface area contributed by atoms with Gasteiger partial charge >= 0.3 is 0 Å². The first kappa shape index (κ1) is 15.0. The van der Waals surface area contributed by atoms with Crippen molar-refractivity contribution in [2.45, 2.75) is 44.4 Å². The normalized spacial score (nSPS) is 29.3. The van der Waals surface area contributed by atoms with Crippen molar-refractivity contribution in [1.82, 2.24) is 10.2 Å². The Morgan fingerprint density at radius 3 is 2.74 bits per heavy atom. The van der Waals surface area contributed by atoms with Crippen LogP contribution in [-0.4, -0.2) is 37.5 Å². The third-order valence-electron chi connectivity index (χ3n) is 6.29. The summed E-state index contributed by atoms with van der Waals surface area (Å²) in [6, 6.07) is 10.9. The third-order valence-corrected chi connectivity index (χ3v) is 6.29. The molecular formula is C20H29N3. The van der Waals surface area contributed by atoms with E-state index in [4.69, 9.17) is 0 Å². The number of nitrogens with zero attached hydrogens (tertiary/aromatic N) is 2. The summed E-state index contributed by atoms with van der Waals surface area (Å²) in [4.78, 5) is 7.06. The summed E-state index contributed by atoms with van der Waals surface area (Å²) in [6.45, 7) is 3.47. The second-order valence-electron chi connectivity index (χ2n) is 7.82. The zero-order valence-corrected chi connectivity index (χ0v) is 14.3. The summed E-state index contributed by atoms with van der Waals surface area (Å²) >= 11 is 0. The van der Waals surface area contributed by atoms with E-state index in [9.17, 15) is 0 Å². The lowest BCUT2D eigenvalue weighted by Crippen LogP contribution is -2.41. The maximum atomic E-state index is 4.55. The fourth-order valence-electron chi connectivity index (χ4n) is 4.79. The fourth-order valence-corrected chi connectivity index (χ4v) is 4.79. The number of benzene rings is 1. The molecule has 3 aliphatic rings. The van der Waals surface area contributed by atoms with Crippen LogP contribution < -0.4 is 5.32 Å². The predicted octanol–water partition coefficient (Wildman–Crippen LogP) is 3.63. The van der Waals surface area contributed by atoms with Crippen LogP contribution in [0.4, 0.5) is 0 Å². The molecule has 2 atom stereocenters. The van der Waals surface area contributed by atoms with Crippen molar-refractivity contribution in [3.8, 4) is 0 Å². The molecule has 1 spiro atoms. The maximum Gasteiger partial charge on any atom is 0.193 e. The fraction of sp³-hybridized carbons (Fsp3) is 0.650. The van der Waals surface area contributed by atoms with Gasteiger partial charge in [-0.3, -0.25) is 4.99 Å². The lowest BCUT2D eigenvalue weighted by molar-refractivity contribution is 0.309. The first-order valence-electron chi connectivity index (χ1n) is 9.30. The highest BCUT2D eigenvalue weighted by Gasteiger charge is 2.42. The van der Waals surface area contributed by atoms with E-state index < -0.39 is 0 Å². The van der Waals surface area contributed by atoms with E-state index in [0.29, 0.717) is 5.41 Å². The van der Waals surface area contributed by atoms with Crippen LogP contribution in [0.3, 0.4) is 0 Å². The zero-order valence-electron chi connectivity index (χ0n) is 14.3. The number of rotatable bonds is 3. The van der Waals surface area contributed by atoms with Gasteiger partial charge in [-0.15, -0.1) is 0 Å². The molecule has 3 heteroatoms. The Hall–Kier alpha value is -1.51. The molecule has 0 aromatic heterocycles. The molecule has 1 aliphatic heterocycles. The Bertz CT molecular complexity index is 560. The Morgan fingerprint density at radius 2 is 2.00 bits per heavy atom. The average molecular weight is 311 g/mol. The number of hydrogen-bond acceptors (Lipinski definition) is 1. The van der Waals surface area contributed by atoms with Gasteiger partial charge < -0.3 is 10.2 Å². The first-order chi connectivity index (χ1) is 11.3. The van der Waals surface area contributed by atoms with Crippen molar-refractivity contribution >= 4 is 5.96 Å². The molecule has 1 heterocycles. The minimum Gasteiger partial charge on any atom is -0.356 e. The van der Waals surface area contributed by atoms with E-state index in [1.165, 1.54) is 57.2 Å². The highest BCUT2D eigenvalue weighted by molar-refractivity contribution is 5.80. The molecule has 1 saturated heterocycles. The van der Waals surface area contributed by atoms with Crippen LogP contribution in [0.5, 0.6) is 0 Å². The maximum absolute atomic E-state index is 4.55. The van der Waals surface area contributed by atoms with E-state index in [0.717, 1.165) is 24.3 Å². The molecule has 124 valence electrons. The monoisotopic (exact) mass is 311 g/mol. The molecule has 1 aromatic carbocycles. The summed E-state index contributed by atoms with van der Waals surface area (Å²) in [5, 5.41) is 3.66. The number of guanidine groups is 1. The number of aliphatic imine (C=N–C) groups is 1. The van der Waals surface area contributed by atoms with Crippen LogP contribution in [0.1, 0.15) is 50.0 Å². The number of nitrogens with one attached hydrogen (secondary N) is 1. The van der Waals surface area contributed by atoms with Gasteiger partial charge in [0.15, 0.2) is 5.96 Å². The van der Waals surface area contributed by atoms with Gasteiger partial charge in [0.1, 0.15) is 0 Å². The minimum atomic E-state index is 0.615. The molecule has 2 saturated carbocycles. The van der Waals surface area contributed by atoms with Crippen LogP contribution >= 0.6 is 0 Å². The van der Waals surface area contributed by atoms with Crippen LogP contribution in [-0.2, 0) is 0 Å². The highest BCUT2D eigenvalue weighted by Crippen LogP contribution is 2.47. The smallest absolute Gasteiger partial charge is 0.193 e. The summed E-state index contributed by atoms with van der Waals surface area (Å²) in [5.41, 5.74) is 2.12. The Kier molecular flexibility index (Phi) is 4.04. The van der Waals surface area contributed by atoms with Crippen molar-refractivity contribution in [1.29, 1.82) is 0 Å². The van der Waals surface area contributed by atoms with Gasteiger partial charge in [-0.25, -0.2) is 0 Å². The molecular weight excluding hydrogens is 282 g/mol. The molecule has 3 fully saturated rings. The van der Waals surface area contributed by atoms with Gasteiger partial charge in [0.2, 0.25) is 0 Å². The molecule has 3 nitrogen and oxygen atoms in total. The Labute approximate surface area is 140 Å². The van der Waals surface area contributed by atoms with Crippen LogP contribution in [0.2, 0.25) is 0 Å². The van der Waals surface area contributed by atoms with Crippen molar-refractivity contribution in [2.24, 2.45) is 16.3 Å². The van der Waals surface area contributed by atoms with Crippen molar-refractivity contribution in [2.75, 3.05) is 26.7 Å². The molecule has 0 amide bonds. The predicted molar refractivity (Wildman–Crippen MR) is 95.7 cm³/mol. The Morgan fingerprint density at radius 1 is 1.22 bits per heavy atom. The van der Waals surface area contributed by atoms with Gasteiger partial charge in [0.25, 0.3) is 0 Å². The van der Waals surface area contributed by atoms with E-state index in [-0.39, 0.29) is 0 Å². The minimum absolute atomic E-state index is 0.615. The Balaban J connectivity index is 1.29. The third kappa shape index (κ3) is 3.11. The lowest BCUT2D eigenvalue weighted by Gasteiger charge is -2.26. The van der Waals surface area contributed by atoms with Crippen LogP contribution in [0.15, 0.2) is 35.3 Å². The van der Waals surface area contributed by atoms with Gasteiger partial charge in [0, 0.05) is 26.7 Å². The van der Waals surface area contributed by atoms with Crippen LogP contribution in [0.25, 0.3) is 0 Å². The topological polar surface area (TPSA) is 27.6 Å². The quantitative estimate of drug-likeness (QED) is 0.682. The SMILES string of the molecule is CN=C(NCC1CC1c1ccccc1)N1CCC2(CCCC2)C1. The largest absolute Gasteiger partial charge is 0.356 e. The van der Waals surface area contributed by atoms with E-state index in [2.05, 4.69) is 45.5 Å². The van der Waals surface area contributed by atoms with Gasteiger partial charge in [0.05, 0.1) is 0 Å². The van der Waals surface area contributed by atoms with Crippen LogP contribution in [0, 0.1) is 11.3 Å². The average Bonchev–Trinajstić information content (AvgIpc) is 3.03. The van der Waals surface area contributed by atoms with E-state index >= 15 is 0 Å². The first-order valence-corrected chi connectivity index (χ1v) is 9.30. The lowest BCUT2D eigenvalue weighted by atomic mass is 9.86. The molecule has 1 N–H and O–H groups in total. The molecule has 0 radical (unpaired) electrons. The van der Waals surface area contributed by atoms with E-state index in [1.54, 1.807) is 0 Å². The summed E-state index contributed by atoms with van der Waals surface area (Å²) in [5.74, 6) is 2.66. The van der Waals surface area contributed by atoms with E-state index in [1.807, 2.05) is 7.05 Å². The molecule has 1 aromatic rings. The molecule has 23 heavy (non-hydrogen) atoms.